The summed E-state index contributed by atoms with van der Waals surface area (Å²) in [5.74, 6) is 0.265. The largest absolute Gasteiger partial charge is 0.333 e. The maximum absolute atomic E-state index is 13.3. The molecule has 1 atom stereocenters. The summed E-state index contributed by atoms with van der Waals surface area (Å²) in [6, 6.07) is 18.6. The lowest BCUT2D eigenvalue weighted by Crippen LogP contribution is -2.38. The van der Waals surface area contributed by atoms with Gasteiger partial charge < -0.3 is 4.90 Å². The van der Waals surface area contributed by atoms with Crippen LogP contribution in [0.5, 0.6) is 0 Å². The van der Waals surface area contributed by atoms with Gasteiger partial charge in [-0.2, -0.15) is 5.10 Å². The molecule has 0 bridgehead atoms. The Morgan fingerprint density at radius 2 is 1.96 bits per heavy atom. The lowest BCUT2D eigenvalue weighted by Gasteiger charge is -2.34. The number of amides is 1. The molecular weight excluding hydrogens is 354 g/mol. The van der Waals surface area contributed by atoms with Crippen LogP contribution in [0.4, 0.5) is 0 Å². The van der Waals surface area contributed by atoms with Crippen molar-refractivity contribution in [1.29, 1.82) is 0 Å². The standard InChI is InChI=1S/C22H19N3OS/c1-24-12-17(11-23-24)19-14-25(13-16-7-2-4-8-18(16)19)22(26)21-10-15-6-3-5-9-20(15)27-21/h2-12,19H,13-14H2,1H3/t19-/m0/s1. The topological polar surface area (TPSA) is 38.1 Å². The van der Waals surface area contributed by atoms with Gasteiger partial charge in [-0.3, -0.25) is 9.48 Å². The van der Waals surface area contributed by atoms with Crippen molar-refractivity contribution in [2.75, 3.05) is 6.54 Å². The fourth-order valence-corrected chi connectivity index (χ4v) is 4.94. The number of thiophene rings is 1. The van der Waals surface area contributed by atoms with Crippen molar-refractivity contribution in [1.82, 2.24) is 14.7 Å². The molecule has 4 aromatic rings. The quantitative estimate of drug-likeness (QED) is 0.522. The molecule has 0 saturated carbocycles. The van der Waals surface area contributed by atoms with E-state index in [1.54, 1.807) is 11.3 Å². The van der Waals surface area contributed by atoms with Gasteiger partial charge in [-0.05, 0) is 34.2 Å². The zero-order valence-corrected chi connectivity index (χ0v) is 15.8. The van der Waals surface area contributed by atoms with Crippen LogP contribution >= 0.6 is 11.3 Å². The number of hydrogen-bond acceptors (Lipinski definition) is 3. The molecule has 1 aliphatic heterocycles. The number of benzene rings is 2. The van der Waals surface area contributed by atoms with Crippen LogP contribution in [0.15, 0.2) is 67.0 Å². The molecule has 2 aromatic carbocycles. The van der Waals surface area contributed by atoms with Crippen molar-refractivity contribution < 1.29 is 4.79 Å². The first-order valence-electron chi connectivity index (χ1n) is 9.03. The Morgan fingerprint density at radius 1 is 1.15 bits per heavy atom. The van der Waals surface area contributed by atoms with E-state index in [1.165, 1.54) is 11.1 Å². The van der Waals surface area contributed by atoms with E-state index in [9.17, 15) is 4.79 Å². The van der Waals surface area contributed by atoms with E-state index in [0.717, 1.165) is 20.5 Å². The number of aromatic nitrogens is 2. The fraction of sp³-hybridized carbons (Fsp3) is 0.182. The Bertz CT molecular complexity index is 1110. The van der Waals surface area contributed by atoms with Crippen LogP contribution in [0, 0.1) is 0 Å². The van der Waals surface area contributed by atoms with Gasteiger partial charge in [0.1, 0.15) is 0 Å². The van der Waals surface area contributed by atoms with Gasteiger partial charge in [0.05, 0.1) is 11.1 Å². The molecule has 0 saturated heterocycles. The molecule has 0 spiro atoms. The van der Waals surface area contributed by atoms with Crippen LogP contribution in [-0.2, 0) is 13.6 Å². The van der Waals surface area contributed by atoms with Crippen LogP contribution in [0.2, 0.25) is 0 Å². The van der Waals surface area contributed by atoms with E-state index in [0.29, 0.717) is 13.1 Å². The minimum Gasteiger partial charge on any atom is -0.333 e. The van der Waals surface area contributed by atoms with E-state index < -0.39 is 0 Å². The first-order chi connectivity index (χ1) is 13.2. The third-order valence-electron chi connectivity index (χ3n) is 5.25. The van der Waals surface area contributed by atoms with Crippen molar-refractivity contribution in [2.24, 2.45) is 7.05 Å². The monoisotopic (exact) mass is 373 g/mol. The van der Waals surface area contributed by atoms with Crippen molar-refractivity contribution in [2.45, 2.75) is 12.5 Å². The smallest absolute Gasteiger partial charge is 0.264 e. The molecular formula is C22H19N3OS. The highest BCUT2D eigenvalue weighted by Crippen LogP contribution is 2.35. The maximum atomic E-state index is 13.3. The number of rotatable bonds is 2. The molecule has 4 nitrogen and oxygen atoms in total. The molecule has 1 aliphatic rings. The Morgan fingerprint density at radius 3 is 2.78 bits per heavy atom. The molecule has 0 radical (unpaired) electrons. The van der Waals surface area contributed by atoms with Crippen LogP contribution in [0.3, 0.4) is 0 Å². The summed E-state index contributed by atoms with van der Waals surface area (Å²) in [7, 11) is 1.93. The fourth-order valence-electron chi connectivity index (χ4n) is 3.91. The molecule has 0 N–H and O–H groups in total. The lowest BCUT2D eigenvalue weighted by atomic mass is 9.86. The molecule has 0 unspecified atom stereocenters. The number of nitrogens with zero attached hydrogens (tertiary/aromatic N) is 3. The first kappa shape index (κ1) is 16.3. The number of carbonyl (C=O) groups excluding carboxylic acids is 1. The predicted molar refractivity (Wildman–Crippen MR) is 108 cm³/mol. The summed E-state index contributed by atoms with van der Waals surface area (Å²) in [5.41, 5.74) is 3.66. The Labute approximate surface area is 161 Å². The predicted octanol–water partition coefficient (Wildman–Crippen LogP) is 4.42. The lowest BCUT2D eigenvalue weighted by molar-refractivity contribution is 0.0730. The summed E-state index contributed by atoms with van der Waals surface area (Å²) < 4.78 is 2.98. The van der Waals surface area contributed by atoms with Crippen molar-refractivity contribution in [3.8, 4) is 0 Å². The Hall–Kier alpha value is -2.92. The summed E-state index contributed by atoms with van der Waals surface area (Å²) >= 11 is 1.57. The molecule has 27 heavy (non-hydrogen) atoms. The highest BCUT2D eigenvalue weighted by atomic mass is 32.1. The summed E-state index contributed by atoms with van der Waals surface area (Å²) in [6.07, 6.45) is 3.96. The van der Waals surface area contributed by atoms with Gasteiger partial charge in [0.25, 0.3) is 5.91 Å². The molecule has 134 valence electrons. The van der Waals surface area contributed by atoms with Gasteiger partial charge in [0.2, 0.25) is 0 Å². The molecule has 0 fully saturated rings. The minimum atomic E-state index is 0.111. The van der Waals surface area contributed by atoms with Crippen molar-refractivity contribution in [3.05, 3.63) is 88.6 Å². The van der Waals surface area contributed by atoms with E-state index in [2.05, 4.69) is 41.6 Å². The van der Waals surface area contributed by atoms with E-state index >= 15 is 0 Å². The SMILES string of the molecule is Cn1cc([C@@H]2CN(C(=O)c3cc4ccccc4s3)Cc3ccccc32)cn1. The maximum Gasteiger partial charge on any atom is 0.264 e. The molecule has 0 aliphatic carbocycles. The van der Waals surface area contributed by atoms with Crippen LogP contribution < -0.4 is 0 Å². The van der Waals surface area contributed by atoms with E-state index in [4.69, 9.17) is 0 Å². The average molecular weight is 373 g/mol. The van der Waals surface area contributed by atoms with Gasteiger partial charge in [-0.25, -0.2) is 0 Å². The zero-order chi connectivity index (χ0) is 18.4. The number of hydrogen-bond donors (Lipinski definition) is 0. The van der Waals surface area contributed by atoms with Gasteiger partial charge in [0.15, 0.2) is 0 Å². The van der Waals surface area contributed by atoms with Crippen LogP contribution in [-0.4, -0.2) is 27.1 Å². The molecule has 5 rings (SSSR count). The van der Waals surface area contributed by atoms with Gasteiger partial charge in [0, 0.05) is 37.0 Å². The summed E-state index contributed by atoms with van der Waals surface area (Å²) in [5, 5.41) is 5.47. The second-order valence-electron chi connectivity index (χ2n) is 7.03. The number of aryl methyl sites for hydroxylation is 1. The normalized spacial score (nSPS) is 16.5. The second-order valence-corrected chi connectivity index (χ2v) is 8.12. The zero-order valence-electron chi connectivity index (χ0n) is 15.0. The Balaban J connectivity index is 1.52. The van der Waals surface area contributed by atoms with Crippen molar-refractivity contribution in [3.63, 3.8) is 0 Å². The summed E-state index contributed by atoms with van der Waals surface area (Å²) in [4.78, 5) is 16.1. The molecule has 1 amide bonds. The van der Waals surface area contributed by atoms with Crippen molar-refractivity contribution >= 4 is 27.3 Å². The highest BCUT2D eigenvalue weighted by Gasteiger charge is 2.30. The van der Waals surface area contributed by atoms with E-state index in [1.807, 2.05) is 47.1 Å². The summed E-state index contributed by atoms with van der Waals surface area (Å²) in [6.45, 7) is 1.33. The number of fused-ring (bicyclic) bond motifs is 2. The van der Waals surface area contributed by atoms with Gasteiger partial charge >= 0.3 is 0 Å². The second kappa shape index (κ2) is 6.35. The van der Waals surface area contributed by atoms with E-state index in [-0.39, 0.29) is 11.8 Å². The van der Waals surface area contributed by atoms with Gasteiger partial charge in [-0.1, -0.05) is 42.5 Å². The minimum absolute atomic E-state index is 0.111. The third kappa shape index (κ3) is 2.84. The van der Waals surface area contributed by atoms with Crippen LogP contribution in [0.1, 0.15) is 32.3 Å². The highest BCUT2D eigenvalue weighted by molar-refractivity contribution is 7.20. The first-order valence-corrected chi connectivity index (χ1v) is 9.85. The third-order valence-corrected chi connectivity index (χ3v) is 6.35. The van der Waals surface area contributed by atoms with Gasteiger partial charge in [-0.15, -0.1) is 11.3 Å². The Kier molecular flexibility index (Phi) is 3.83. The average Bonchev–Trinajstić information content (AvgIpc) is 3.32. The molecule has 3 heterocycles. The van der Waals surface area contributed by atoms with Crippen LogP contribution in [0.25, 0.3) is 10.1 Å². The number of carbonyl (C=O) groups is 1. The molecule has 5 heteroatoms. The molecule has 2 aromatic heterocycles.